The quantitative estimate of drug-likeness (QED) is 0.670. The smallest absolute Gasteiger partial charge is 0.270 e. The predicted molar refractivity (Wildman–Crippen MR) is 119 cm³/mol. The maximum Gasteiger partial charge on any atom is 0.270 e. The van der Waals surface area contributed by atoms with Crippen molar-refractivity contribution in [2.45, 2.75) is 45.4 Å². The summed E-state index contributed by atoms with van der Waals surface area (Å²) in [6, 6.07) is 12.4. The molecule has 0 spiro atoms. The van der Waals surface area contributed by atoms with Crippen LogP contribution < -0.4 is 4.74 Å². The zero-order valence-electron chi connectivity index (χ0n) is 18.0. The highest BCUT2D eigenvalue weighted by Gasteiger charge is 2.22. The van der Waals surface area contributed by atoms with Gasteiger partial charge in [0.15, 0.2) is 0 Å². The Kier molecular flexibility index (Phi) is 6.04. The standard InChI is InChI=1S/C24H30N4O2/c1-17(2)28-11-8-20(9-12-28)30-21-6-7-22-19(13-21)14-23(26-22)24(29)27(3)16-18-5-4-10-25-15-18/h4-7,10,13-15,17,20,26H,8-9,11-12,16H2,1-3H3. The van der Waals surface area contributed by atoms with Gasteiger partial charge in [-0.3, -0.25) is 9.78 Å². The van der Waals surface area contributed by atoms with E-state index in [-0.39, 0.29) is 12.0 Å². The first kappa shape index (κ1) is 20.4. The normalized spacial score (nSPS) is 15.6. The van der Waals surface area contributed by atoms with Crippen molar-refractivity contribution in [2.75, 3.05) is 20.1 Å². The minimum atomic E-state index is -0.0430. The summed E-state index contributed by atoms with van der Waals surface area (Å²) >= 11 is 0. The highest BCUT2D eigenvalue weighted by Crippen LogP contribution is 2.25. The molecule has 6 heteroatoms. The first-order valence-corrected chi connectivity index (χ1v) is 10.7. The third-order valence-electron chi connectivity index (χ3n) is 5.82. The number of carbonyl (C=O) groups excluding carboxylic acids is 1. The lowest BCUT2D eigenvalue weighted by molar-refractivity contribution is 0.0780. The number of aromatic amines is 1. The topological polar surface area (TPSA) is 61.5 Å². The van der Waals surface area contributed by atoms with Gasteiger partial charge in [-0.2, -0.15) is 0 Å². The average molecular weight is 407 g/mol. The molecule has 0 radical (unpaired) electrons. The number of hydrogen-bond donors (Lipinski definition) is 1. The molecule has 1 aliphatic heterocycles. The lowest BCUT2D eigenvalue weighted by Crippen LogP contribution is -2.41. The minimum absolute atomic E-state index is 0.0430. The Morgan fingerprint density at radius 2 is 2.07 bits per heavy atom. The van der Waals surface area contributed by atoms with E-state index in [2.05, 4.69) is 28.7 Å². The van der Waals surface area contributed by atoms with Gasteiger partial charge in [-0.1, -0.05) is 6.07 Å². The molecule has 6 nitrogen and oxygen atoms in total. The Morgan fingerprint density at radius 1 is 1.27 bits per heavy atom. The Bertz CT molecular complexity index is 991. The van der Waals surface area contributed by atoms with Crippen molar-refractivity contribution >= 4 is 16.8 Å². The number of ether oxygens (including phenoxy) is 1. The minimum Gasteiger partial charge on any atom is -0.490 e. The van der Waals surface area contributed by atoms with Crippen LogP contribution in [0.5, 0.6) is 5.75 Å². The summed E-state index contributed by atoms with van der Waals surface area (Å²) in [5.74, 6) is 0.825. The number of rotatable bonds is 6. The molecular weight excluding hydrogens is 376 g/mol. The van der Waals surface area contributed by atoms with Crippen LogP contribution in [0.15, 0.2) is 48.8 Å². The van der Waals surface area contributed by atoms with E-state index in [9.17, 15) is 4.79 Å². The van der Waals surface area contributed by atoms with Gasteiger partial charge in [0.1, 0.15) is 17.5 Å². The van der Waals surface area contributed by atoms with Crippen molar-refractivity contribution in [2.24, 2.45) is 0 Å². The zero-order chi connectivity index (χ0) is 21.1. The van der Waals surface area contributed by atoms with Crippen LogP contribution in [-0.4, -0.2) is 58.0 Å². The molecule has 30 heavy (non-hydrogen) atoms. The highest BCUT2D eigenvalue weighted by molar-refractivity contribution is 5.98. The summed E-state index contributed by atoms with van der Waals surface area (Å²) in [5, 5.41) is 0.991. The SMILES string of the molecule is CC(C)N1CCC(Oc2ccc3[nH]c(C(=O)N(C)Cc4cccnc4)cc3c2)CC1. The molecule has 3 aromatic rings. The lowest BCUT2D eigenvalue weighted by Gasteiger charge is -2.34. The van der Waals surface area contributed by atoms with Gasteiger partial charge < -0.3 is 19.5 Å². The molecule has 0 unspecified atom stereocenters. The van der Waals surface area contributed by atoms with E-state index in [1.165, 1.54) is 0 Å². The molecule has 158 valence electrons. The summed E-state index contributed by atoms with van der Waals surface area (Å²) in [4.78, 5) is 24.4. The van der Waals surface area contributed by atoms with E-state index in [1.54, 1.807) is 24.3 Å². The Balaban J connectivity index is 1.41. The summed E-state index contributed by atoms with van der Waals surface area (Å²) in [7, 11) is 1.80. The van der Waals surface area contributed by atoms with Crippen LogP contribution in [0.25, 0.3) is 10.9 Å². The molecule has 3 heterocycles. The predicted octanol–water partition coefficient (Wildman–Crippen LogP) is 4.09. The van der Waals surface area contributed by atoms with Crippen LogP contribution in [0.4, 0.5) is 0 Å². The number of nitrogens with zero attached hydrogens (tertiary/aromatic N) is 3. The van der Waals surface area contributed by atoms with Crippen molar-refractivity contribution in [3.63, 3.8) is 0 Å². The third kappa shape index (κ3) is 4.65. The maximum absolute atomic E-state index is 12.8. The molecule has 1 N–H and O–H groups in total. The third-order valence-corrected chi connectivity index (χ3v) is 5.82. The monoisotopic (exact) mass is 406 g/mol. The van der Waals surface area contributed by atoms with Gasteiger partial charge in [-0.25, -0.2) is 0 Å². The largest absolute Gasteiger partial charge is 0.490 e. The zero-order valence-corrected chi connectivity index (χ0v) is 18.0. The Hall–Kier alpha value is -2.86. The number of nitrogens with one attached hydrogen (secondary N) is 1. The highest BCUT2D eigenvalue weighted by atomic mass is 16.5. The Morgan fingerprint density at radius 3 is 2.77 bits per heavy atom. The fourth-order valence-corrected chi connectivity index (χ4v) is 4.04. The van der Waals surface area contributed by atoms with E-state index < -0.39 is 0 Å². The number of benzene rings is 1. The molecule has 0 saturated carbocycles. The van der Waals surface area contributed by atoms with E-state index in [0.717, 1.165) is 48.1 Å². The summed E-state index contributed by atoms with van der Waals surface area (Å²) in [6.07, 6.45) is 5.86. The Labute approximate surface area is 177 Å². The van der Waals surface area contributed by atoms with Gasteiger partial charge in [-0.05, 0) is 62.6 Å². The number of pyridine rings is 1. The molecule has 0 bridgehead atoms. The van der Waals surface area contributed by atoms with Gasteiger partial charge in [0, 0.05) is 56.0 Å². The van der Waals surface area contributed by atoms with Crippen LogP contribution >= 0.6 is 0 Å². The molecule has 1 fully saturated rings. The average Bonchev–Trinajstić information content (AvgIpc) is 3.17. The number of fused-ring (bicyclic) bond motifs is 1. The number of likely N-dealkylation sites (tertiary alicyclic amines) is 1. The number of hydrogen-bond acceptors (Lipinski definition) is 4. The van der Waals surface area contributed by atoms with Gasteiger partial charge in [-0.15, -0.1) is 0 Å². The fraction of sp³-hybridized carbons (Fsp3) is 0.417. The summed E-state index contributed by atoms with van der Waals surface area (Å²) in [5.41, 5.74) is 2.53. The van der Waals surface area contributed by atoms with Gasteiger partial charge >= 0.3 is 0 Å². The van der Waals surface area contributed by atoms with Crippen molar-refractivity contribution < 1.29 is 9.53 Å². The molecule has 1 amide bonds. The first-order valence-electron chi connectivity index (χ1n) is 10.7. The molecule has 1 saturated heterocycles. The number of carbonyl (C=O) groups is 1. The van der Waals surface area contributed by atoms with Gasteiger partial charge in [0.25, 0.3) is 5.91 Å². The number of piperidine rings is 1. The maximum atomic E-state index is 12.8. The second-order valence-corrected chi connectivity index (χ2v) is 8.40. The molecule has 2 aromatic heterocycles. The van der Waals surface area contributed by atoms with E-state index >= 15 is 0 Å². The first-order chi connectivity index (χ1) is 14.5. The van der Waals surface area contributed by atoms with Crippen molar-refractivity contribution in [1.82, 2.24) is 19.8 Å². The number of amides is 1. The van der Waals surface area contributed by atoms with Crippen molar-refractivity contribution in [3.8, 4) is 5.75 Å². The fourth-order valence-electron chi connectivity index (χ4n) is 4.04. The number of aromatic nitrogens is 2. The summed E-state index contributed by atoms with van der Waals surface area (Å²) in [6.45, 7) is 7.17. The van der Waals surface area contributed by atoms with E-state index in [0.29, 0.717) is 18.3 Å². The van der Waals surface area contributed by atoms with Crippen LogP contribution in [-0.2, 0) is 6.54 Å². The lowest BCUT2D eigenvalue weighted by atomic mass is 10.1. The van der Waals surface area contributed by atoms with Crippen LogP contribution in [0.2, 0.25) is 0 Å². The van der Waals surface area contributed by atoms with Gasteiger partial charge in [0.05, 0.1) is 0 Å². The van der Waals surface area contributed by atoms with Crippen LogP contribution in [0, 0.1) is 0 Å². The second-order valence-electron chi connectivity index (χ2n) is 8.40. The number of H-pyrrole nitrogens is 1. The van der Waals surface area contributed by atoms with Crippen LogP contribution in [0.3, 0.4) is 0 Å². The second kappa shape index (κ2) is 8.88. The molecule has 1 aromatic carbocycles. The van der Waals surface area contributed by atoms with E-state index in [4.69, 9.17) is 4.74 Å². The van der Waals surface area contributed by atoms with Crippen molar-refractivity contribution in [3.05, 3.63) is 60.0 Å². The van der Waals surface area contributed by atoms with Crippen molar-refractivity contribution in [1.29, 1.82) is 0 Å². The van der Waals surface area contributed by atoms with E-state index in [1.807, 2.05) is 36.4 Å². The summed E-state index contributed by atoms with van der Waals surface area (Å²) < 4.78 is 6.24. The molecule has 0 atom stereocenters. The van der Waals surface area contributed by atoms with Crippen LogP contribution in [0.1, 0.15) is 42.7 Å². The molecular formula is C24H30N4O2. The molecule has 1 aliphatic rings. The molecule has 0 aliphatic carbocycles. The van der Waals surface area contributed by atoms with Gasteiger partial charge in [0.2, 0.25) is 0 Å². The molecule has 4 rings (SSSR count).